The summed E-state index contributed by atoms with van der Waals surface area (Å²) in [7, 11) is 0. The highest BCUT2D eigenvalue weighted by Crippen LogP contribution is 2.30. The van der Waals surface area contributed by atoms with Crippen molar-refractivity contribution in [3.63, 3.8) is 0 Å². The normalized spacial score (nSPS) is 16.7. The van der Waals surface area contributed by atoms with Crippen molar-refractivity contribution in [2.24, 2.45) is 4.40 Å². The van der Waals surface area contributed by atoms with Crippen LogP contribution in [0.3, 0.4) is 0 Å². The highest BCUT2D eigenvalue weighted by atomic mass is 32.2. The minimum absolute atomic E-state index is 0.209. The zero-order valence-electron chi connectivity index (χ0n) is 12.4. The van der Waals surface area contributed by atoms with Crippen LogP contribution in [0.5, 0.6) is 0 Å². The van der Waals surface area contributed by atoms with Crippen LogP contribution < -0.4 is 0 Å². The Hall–Kier alpha value is -2.33. The van der Waals surface area contributed by atoms with Crippen molar-refractivity contribution in [3.05, 3.63) is 78.3 Å². The van der Waals surface area contributed by atoms with E-state index >= 15 is 0 Å². The third-order valence-electron chi connectivity index (χ3n) is 3.98. The van der Waals surface area contributed by atoms with Crippen molar-refractivity contribution in [2.75, 3.05) is 12.3 Å². The highest BCUT2D eigenvalue weighted by molar-refractivity contribution is 7.98. The van der Waals surface area contributed by atoms with Crippen molar-refractivity contribution in [1.29, 1.82) is 0 Å². The first-order chi connectivity index (χ1) is 11.3. The van der Waals surface area contributed by atoms with Gasteiger partial charge in [0.1, 0.15) is 11.7 Å². The van der Waals surface area contributed by atoms with Crippen LogP contribution in [-0.2, 0) is 0 Å². The van der Waals surface area contributed by atoms with E-state index in [-0.39, 0.29) is 5.82 Å². The van der Waals surface area contributed by atoms with E-state index in [0.717, 1.165) is 34.8 Å². The van der Waals surface area contributed by atoms with E-state index < -0.39 is 0 Å². The van der Waals surface area contributed by atoms with Crippen LogP contribution in [0, 0.1) is 5.82 Å². The fraction of sp³-hybridized carbons (Fsp3) is 0.105. The molecule has 0 fully saturated rings. The lowest BCUT2D eigenvalue weighted by Gasteiger charge is -2.29. The zero-order valence-corrected chi connectivity index (χ0v) is 13.3. The molecular formula is C19H15FN2S. The first-order valence-corrected chi connectivity index (χ1v) is 8.48. The number of halogens is 1. The van der Waals surface area contributed by atoms with Crippen LogP contribution >= 0.6 is 11.9 Å². The molecule has 0 amide bonds. The molecule has 2 aromatic rings. The van der Waals surface area contributed by atoms with Gasteiger partial charge < -0.3 is 4.90 Å². The van der Waals surface area contributed by atoms with Gasteiger partial charge in [-0.05, 0) is 41.3 Å². The molecule has 0 saturated carbocycles. The standard InChI is InChI=1S/C19H15FN2S/c20-18-13-15(8-9-16(18)14-5-2-1-3-6-14)17-7-4-10-22-11-12-23-21-19(17)22/h1-10,13H,11-12H2. The number of fused-ring (bicyclic) bond motifs is 1. The Labute approximate surface area is 139 Å². The number of amidine groups is 1. The second-order valence-electron chi connectivity index (χ2n) is 5.42. The Bertz CT molecular complexity index is 825. The first-order valence-electron chi connectivity index (χ1n) is 7.54. The summed E-state index contributed by atoms with van der Waals surface area (Å²) in [4.78, 5) is 2.12. The molecule has 114 valence electrons. The number of benzene rings is 2. The molecule has 23 heavy (non-hydrogen) atoms. The Morgan fingerprint density at radius 3 is 2.74 bits per heavy atom. The monoisotopic (exact) mass is 322 g/mol. The van der Waals surface area contributed by atoms with Crippen LogP contribution in [0.15, 0.2) is 71.3 Å². The molecule has 2 nitrogen and oxygen atoms in total. The summed E-state index contributed by atoms with van der Waals surface area (Å²) in [5.74, 6) is 1.68. The molecule has 0 bridgehead atoms. The maximum absolute atomic E-state index is 14.6. The average molecular weight is 322 g/mol. The molecule has 0 aromatic heterocycles. The van der Waals surface area contributed by atoms with E-state index in [4.69, 9.17) is 0 Å². The topological polar surface area (TPSA) is 15.6 Å². The van der Waals surface area contributed by atoms with Gasteiger partial charge in [0.25, 0.3) is 0 Å². The number of nitrogens with zero attached hydrogens (tertiary/aromatic N) is 2. The smallest absolute Gasteiger partial charge is 0.148 e. The third-order valence-corrected chi connectivity index (χ3v) is 4.65. The number of hydrogen-bond acceptors (Lipinski definition) is 3. The molecule has 0 spiro atoms. The van der Waals surface area contributed by atoms with Crippen molar-refractivity contribution >= 4 is 23.4 Å². The molecule has 0 atom stereocenters. The molecule has 0 saturated heterocycles. The largest absolute Gasteiger partial charge is 0.331 e. The summed E-state index contributed by atoms with van der Waals surface area (Å²) in [6, 6.07) is 15.0. The summed E-state index contributed by atoms with van der Waals surface area (Å²) in [5.41, 5.74) is 3.34. The minimum atomic E-state index is -0.209. The molecule has 0 N–H and O–H groups in total. The van der Waals surface area contributed by atoms with Crippen LogP contribution in [0.4, 0.5) is 4.39 Å². The van der Waals surface area contributed by atoms with Crippen molar-refractivity contribution in [3.8, 4) is 11.1 Å². The Morgan fingerprint density at radius 2 is 1.91 bits per heavy atom. The Balaban J connectivity index is 1.73. The molecule has 4 heteroatoms. The second kappa shape index (κ2) is 6.05. The van der Waals surface area contributed by atoms with Gasteiger partial charge in [-0.2, -0.15) is 4.40 Å². The molecule has 0 radical (unpaired) electrons. The van der Waals surface area contributed by atoms with Gasteiger partial charge in [0.05, 0.1) is 0 Å². The van der Waals surface area contributed by atoms with E-state index in [2.05, 4.69) is 9.30 Å². The van der Waals surface area contributed by atoms with Gasteiger partial charge in [-0.1, -0.05) is 42.5 Å². The van der Waals surface area contributed by atoms with Crippen LogP contribution in [0.2, 0.25) is 0 Å². The average Bonchev–Trinajstić information content (AvgIpc) is 2.62. The Kier molecular flexibility index (Phi) is 3.75. The molecular weight excluding hydrogens is 307 g/mol. The summed E-state index contributed by atoms with van der Waals surface area (Å²) in [6.07, 6.45) is 6.02. The van der Waals surface area contributed by atoms with Gasteiger partial charge in [-0.25, -0.2) is 4.39 Å². The third kappa shape index (κ3) is 2.70. The molecule has 2 aliphatic rings. The van der Waals surface area contributed by atoms with E-state index in [1.54, 1.807) is 18.0 Å². The lowest BCUT2D eigenvalue weighted by atomic mass is 9.97. The maximum Gasteiger partial charge on any atom is 0.148 e. The van der Waals surface area contributed by atoms with E-state index in [1.807, 2.05) is 60.8 Å². The van der Waals surface area contributed by atoms with Gasteiger partial charge in [0.2, 0.25) is 0 Å². The zero-order chi connectivity index (χ0) is 15.6. The van der Waals surface area contributed by atoms with Crippen molar-refractivity contribution in [1.82, 2.24) is 4.90 Å². The molecule has 0 unspecified atom stereocenters. The quantitative estimate of drug-likeness (QED) is 0.740. The number of hydrogen-bond donors (Lipinski definition) is 0. The number of allylic oxidation sites excluding steroid dienone is 2. The van der Waals surface area contributed by atoms with Crippen molar-refractivity contribution < 1.29 is 4.39 Å². The lowest BCUT2D eigenvalue weighted by molar-refractivity contribution is 0.593. The van der Waals surface area contributed by atoms with Gasteiger partial charge in [0.15, 0.2) is 0 Å². The van der Waals surface area contributed by atoms with Crippen molar-refractivity contribution in [2.45, 2.75) is 0 Å². The molecule has 2 heterocycles. The molecule has 2 aromatic carbocycles. The maximum atomic E-state index is 14.6. The van der Waals surface area contributed by atoms with Crippen LogP contribution in [-0.4, -0.2) is 23.0 Å². The molecule has 2 aliphatic heterocycles. The highest BCUT2D eigenvalue weighted by Gasteiger charge is 2.22. The predicted octanol–water partition coefficient (Wildman–Crippen LogP) is 4.77. The van der Waals surface area contributed by atoms with Gasteiger partial charge in [0, 0.05) is 29.6 Å². The summed E-state index contributed by atoms with van der Waals surface area (Å²) < 4.78 is 19.1. The van der Waals surface area contributed by atoms with Gasteiger partial charge >= 0.3 is 0 Å². The summed E-state index contributed by atoms with van der Waals surface area (Å²) >= 11 is 1.56. The van der Waals surface area contributed by atoms with E-state index in [0.29, 0.717) is 5.56 Å². The van der Waals surface area contributed by atoms with E-state index in [9.17, 15) is 4.39 Å². The SMILES string of the molecule is Fc1cc(C2=CC=CN3CCSN=C23)ccc1-c1ccccc1. The predicted molar refractivity (Wildman–Crippen MR) is 95.6 cm³/mol. The fourth-order valence-electron chi connectivity index (χ4n) is 2.83. The summed E-state index contributed by atoms with van der Waals surface area (Å²) in [5, 5.41) is 0. The lowest BCUT2D eigenvalue weighted by Crippen LogP contribution is -2.32. The molecule has 4 rings (SSSR count). The fourth-order valence-corrected chi connectivity index (χ4v) is 3.53. The van der Waals surface area contributed by atoms with Crippen LogP contribution in [0.1, 0.15) is 5.56 Å². The van der Waals surface area contributed by atoms with Gasteiger partial charge in [-0.15, -0.1) is 0 Å². The number of rotatable bonds is 2. The first kappa shape index (κ1) is 14.3. The Morgan fingerprint density at radius 1 is 1.04 bits per heavy atom. The summed E-state index contributed by atoms with van der Waals surface area (Å²) in [6.45, 7) is 0.932. The van der Waals surface area contributed by atoms with Gasteiger partial charge in [-0.3, -0.25) is 0 Å². The van der Waals surface area contributed by atoms with Crippen LogP contribution in [0.25, 0.3) is 16.7 Å². The molecule has 0 aliphatic carbocycles. The van der Waals surface area contributed by atoms with E-state index in [1.165, 1.54) is 0 Å². The second-order valence-corrected chi connectivity index (χ2v) is 6.27. The minimum Gasteiger partial charge on any atom is -0.331 e.